The lowest BCUT2D eigenvalue weighted by Crippen LogP contribution is -2.61. The van der Waals surface area contributed by atoms with Gasteiger partial charge in [0.05, 0.1) is 13.2 Å². The van der Waals surface area contributed by atoms with Crippen LogP contribution in [0.3, 0.4) is 0 Å². The van der Waals surface area contributed by atoms with E-state index in [0.717, 1.165) is 25.2 Å². The summed E-state index contributed by atoms with van der Waals surface area (Å²) in [7, 11) is 3.21. The van der Waals surface area contributed by atoms with Gasteiger partial charge in [0.15, 0.2) is 0 Å². The number of aliphatic imine (C=N–C) groups is 1. The SMILES string of the molecule is CCCCCCC[N+]1=C(CN2CCN(C(=O)OCC)CC2)N=C2C1C(=O)N(C)C(=O)N2C. The zero-order valence-electron chi connectivity index (χ0n) is 19.9. The molecule has 1 unspecified atom stereocenters. The quantitative estimate of drug-likeness (QED) is 0.393. The van der Waals surface area contributed by atoms with Crippen molar-refractivity contribution in [2.24, 2.45) is 4.99 Å². The first-order valence-corrected chi connectivity index (χ1v) is 11.8. The molecule has 10 nitrogen and oxygen atoms in total. The van der Waals surface area contributed by atoms with Gasteiger partial charge in [0.25, 0.3) is 17.8 Å². The van der Waals surface area contributed by atoms with E-state index in [1.54, 1.807) is 18.9 Å². The van der Waals surface area contributed by atoms with Gasteiger partial charge in [-0.15, -0.1) is 0 Å². The van der Waals surface area contributed by atoms with Crippen molar-refractivity contribution in [3.8, 4) is 0 Å². The molecule has 1 atom stereocenters. The van der Waals surface area contributed by atoms with E-state index in [1.807, 2.05) is 0 Å². The molecule has 3 aliphatic rings. The summed E-state index contributed by atoms with van der Waals surface area (Å²) in [5.74, 6) is 1.13. The molecule has 0 bridgehead atoms. The van der Waals surface area contributed by atoms with Crippen molar-refractivity contribution >= 4 is 29.7 Å². The Balaban J connectivity index is 1.72. The molecule has 32 heavy (non-hydrogen) atoms. The van der Waals surface area contributed by atoms with Crippen LogP contribution < -0.4 is 0 Å². The van der Waals surface area contributed by atoms with Crippen LogP contribution in [0.4, 0.5) is 9.59 Å². The third-order valence-electron chi connectivity index (χ3n) is 6.38. The minimum Gasteiger partial charge on any atom is -0.450 e. The zero-order valence-corrected chi connectivity index (χ0v) is 19.9. The number of likely N-dealkylation sites (N-methyl/N-ethyl adjacent to an activating group) is 2. The molecular weight excluding hydrogens is 412 g/mol. The van der Waals surface area contributed by atoms with Crippen molar-refractivity contribution in [3.63, 3.8) is 0 Å². The highest BCUT2D eigenvalue weighted by Gasteiger charge is 2.52. The first-order chi connectivity index (χ1) is 15.4. The first kappa shape index (κ1) is 24.2. The van der Waals surface area contributed by atoms with Gasteiger partial charge in [0.2, 0.25) is 0 Å². The summed E-state index contributed by atoms with van der Waals surface area (Å²) in [5.41, 5.74) is 0. The molecule has 0 spiro atoms. The lowest BCUT2D eigenvalue weighted by atomic mass is 10.1. The van der Waals surface area contributed by atoms with Gasteiger partial charge >= 0.3 is 18.0 Å². The van der Waals surface area contributed by atoms with Gasteiger partial charge in [-0.2, -0.15) is 0 Å². The predicted molar refractivity (Wildman–Crippen MR) is 121 cm³/mol. The van der Waals surface area contributed by atoms with Crippen LogP contribution in [0.2, 0.25) is 0 Å². The molecule has 2 fully saturated rings. The Morgan fingerprint density at radius 2 is 1.72 bits per heavy atom. The Hall–Kier alpha value is -2.49. The Kier molecular flexibility index (Phi) is 8.22. The third kappa shape index (κ3) is 5.11. The van der Waals surface area contributed by atoms with E-state index in [1.165, 1.54) is 36.1 Å². The summed E-state index contributed by atoms with van der Waals surface area (Å²) in [6.07, 6.45) is 5.40. The van der Waals surface area contributed by atoms with Crippen LogP contribution in [0.25, 0.3) is 0 Å². The van der Waals surface area contributed by atoms with Crippen LogP contribution in [-0.2, 0) is 9.53 Å². The Labute approximate surface area is 190 Å². The van der Waals surface area contributed by atoms with Crippen molar-refractivity contribution < 1.29 is 23.7 Å². The second-order valence-electron chi connectivity index (χ2n) is 8.60. The number of fused-ring (bicyclic) bond motifs is 1. The fourth-order valence-electron chi connectivity index (χ4n) is 4.42. The van der Waals surface area contributed by atoms with Crippen LogP contribution in [0.1, 0.15) is 46.0 Å². The van der Waals surface area contributed by atoms with E-state index < -0.39 is 6.04 Å². The van der Waals surface area contributed by atoms with E-state index in [9.17, 15) is 14.4 Å². The molecule has 0 aromatic rings. The number of ether oxygens (including phenoxy) is 1. The van der Waals surface area contributed by atoms with Gasteiger partial charge in [0.1, 0.15) is 6.54 Å². The van der Waals surface area contributed by atoms with Crippen molar-refractivity contribution in [3.05, 3.63) is 0 Å². The molecule has 0 saturated carbocycles. The lowest BCUT2D eigenvalue weighted by Gasteiger charge is -2.33. The summed E-state index contributed by atoms with van der Waals surface area (Å²) >= 11 is 0. The standard InChI is InChI=1S/C22H37N6O4/c1-5-7-8-9-10-11-28-17(16-26-12-14-27(15-13-26)22(31)32-6-2)23-19-18(28)20(29)25(4)21(30)24(19)3/h18H,5-16H2,1-4H3/q+1. The monoisotopic (exact) mass is 449 g/mol. The maximum atomic E-state index is 13.0. The Bertz CT molecular complexity index is 787. The van der Waals surface area contributed by atoms with Crippen LogP contribution >= 0.6 is 0 Å². The third-order valence-corrected chi connectivity index (χ3v) is 6.38. The van der Waals surface area contributed by atoms with E-state index in [0.29, 0.717) is 45.2 Å². The van der Waals surface area contributed by atoms with E-state index in [-0.39, 0.29) is 18.0 Å². The van der Waals surface area contributed by atoms with Gasteiger partial charge in [0, 0.05) is 40.3 Å². The number of hydrogen-bond donors (Lipinski definition) is 0. The fraction of sp³-hybridized carbons (Fsp3) is 0.773. The molecule has 0 aromatic carbocycles. The number of amides is 4. The van der Waals surface area contributed by atoms with Gasteiger partial charge in [-0.05, 0) is 24.8 Å². The molecule has 4 amide bonds. The average molecular weight is 450 g/mol. The van der Waals surface area contributed by atoms with E-state index in [2.05, 4.69) is 16.4 Å². The molecule has 0 radical (unpaired) electrons. The number of urea groups is 1. The number of imide groups is 1. The number of rotatable bonds is 9. The van der Waals surface area contributed by atoms with Crippen molar-refractivity contribution in [2.75, 3.05) is 60.0 Å². The number of carbonyl (C=O) groups excluding carboxylic acids is 3. The van der Waals surface area contributed by atoms with E-state index >= 15 is 0 Å². The summed E-state index contributed by atoms with van der Waals surface area (Å²) in [4.78, 5) is 48.8. The van der Waals surface area contributed by atoms with Crippen LogP contribution in [0.5, 0.6) is 0 Å². The first-order valence-electron chi connectivity index (χ1n) is 11.8. The number of nitrogens with zero attached hydrogens (tertiary/aromatic N) is 6. The van der Waals surface area contributed by atoms with Crippen LogP contribution in [0.15, 0.2) is 4.99 Å². The maximum Gasteiger partial charge on any atom is 0.409 e. The molecule has 2 saturated heterocycles. The number of carbonyl (C=O) groups is 3. The summed E-state index contributed by atoms with van der Waals surface area (Å²) in [5, 5.41) is 0. The van der Waals surface area contributed by atoms with Gasteiger partial charge in [-0.3, -0.25) is 19.5 Å². The van der Waals surface area contributed by atoms with Crippen LogP contribution in [-0.4, -0.2) is 120 Å². The maximum absolute atomic E-state index is 13.0. The molecule has 10 heteroatoms. The molecule has 0 aliphatic carbocycles. The molecule has 0 N–H and O–H groups in total. The largest absolute Gasteiger partial charge is 0.450 e. The molecular formula is C22H37N6O4+. The van der Waals surface area contributed by atoms with Gasteiger partial charge in [-0.25, -0.2) is 14.2 Å². The highest BCUT2D eigenvalue weighted by atomic mass is 16.6. The highest BCUT2D eigenvalue weighted by molar-refractivity contribution is 6.23. The summed E-state index contributed by atoms with van der Waals surface area (Å²) in [6, 6.07) is -0.887. The number of piperazine rings is 1. The van der Waals surface area contributed by atoms with Crippen molar-refractivity contribution in [2.45, 2.75) is 52.0 Å². The van der Waals surface area contributed by atoms with Gasteiger partial charge < -0.3 is 9.64 Å². The second-order valence-corrected chi connectivity index (χ2v) is 8.60. The molecule has 3 heterocycles. The minimum absolute atomic E-state index is 0.220. The van der Waals surface area contributed by atoms with Crippen molar-refractivity contribution in [1.29, 1.82) is 0 Å². The predicted octanol–water partition coefficient (Wildman–Crippen LogP) is 1.45. The number of unbranched alkanes of at least 4 members (excludes halogenated alkanes) is 4. The topological polar surface area (TPSA) is 88.8 Å². The number of hydrogen-bond acceptors (Lipinski definition) is 6. The molecule has 0 aromatic heterocycles. The lowest BCUT2D eigenvalue weighted by molar-refractivity contribution is -0.537. The van der Waals surface area contributed by atoms with Gasteiger partial charge in [-0.1, -0.05) is 26.2 Å². The average Bonchev–Trinajstić information content (AvgIpc) is 3.15. The summed E-state index contributed by atoms with van der Waals surface area (Å²) in [6.45, 7) is 8.32. The highest BCUT2D eigenvalue weighted by Crippen LogP contribution is 2.20. The van der Waals surface area contributed by atoms with Crippen molar-refractivity contribution in [1.82, 2.24) is 19.6 Å². The second kappa shape index (κ2) is 10.9. The smallest absolute Gasteiger partial charge is 0.409 e. The Morgan fingerprint density at radius 1 is 1.03 bits per heavy atom. The normalized spacial score (nSPS) is 21.9. The van der Waals surface area contributed by atoms with Crippen LogP contribution in [0, 0.1) is 0 Å². The molecule has 3 rings (SSSR count). The molecule has 3 aliphatic heterocycles. The summed E-state index contributed by atoms with van der Waals surface area (Å²) < 4.78 is 7.18. The fourth-order valence-corrected chi connectivity index (χ4v) is 4.42. The molecule has 178 valence electrons. The minimum atomic E-state index is -0.537. The van der Waals surface area contributed by atoms with E-state index in [4.69, 9.17) is 9.73 Å². The number of amidine groups is 2. The Morgan fingerprint density at radius 3 is 2.38 bits per heavy atom. The zero-order chi connectivity index (χ0) is 23.3.